The Labute approximate surface area is 104 Å². The summed E-state index contributed by atoms with van der Waals surface area (Å²) in [4.78, 5) is 11.6. The number of amides is 1. The van der Waals surface area contributed by atoms with Crippen LogP contribution in [0.25, 0.3) is 0 Å². The van der Waals surface area contributed by atoms with Gasteiger partial charge in [0.2, 0.25) is 5.91 Å². The quantitative estimate of drug-likeness (QED) is 0.845. The summed E-state index contributed by atoms with van der Waals surface area (Å²) >= 11 is 3.43. The number of benzene rings is 1. The van der Waals surface area contributed by atoms with Crippen LogP contribution < -0.4 is 5.32 Å². The van der Waals surface area contributed by atoms with Gasteiger partial charge >= 0.3 is 0 Å². The molecule has 0 aromatic heterocycles. The summed E-state index contributed by atoms with van der Waals surface area (Å²) in [7, 11) is 0. The van der Waals surface area contributed by atoms with E-state index in [1.165, 1.54) is 5.56 Å². The highest BCUT2D eigenvalue weighted by Gasteiger charge is 2.43. The molecule has 0 spiro atoms. The lowest BCUT2D eigenvalue weighted by Gasteiger charge is -2.02. The van der Waals surface area contributed by atoms with Crippen LogP contribution in [-0.4, -0.2) is 12.5 Å². The number of terminal acetylenes is 1. The zero-order valence-electron chi connectivity index (χ0n) is 8.74. The summed E-state index contributed by atoms with van der Waals surface area (Å²) in [5.74, 6) is 2.93. The van der Waals surface area contributed by atoms with E-state index in [4.69, 9.17) is 6.42 Å². The molecule has 1 amide bonds. The molecule has 1 N–H and O–H groups in total. The van der Waals surface area contributed by atoms with Crippen LogP contribution in [0.3, 0.4) is 0 Å². The average Bonchev–Trinajstić information content (AvgIpc) is 3.06. The first-order chi connectivity index (χ1) is 7.72. The first-order valence-corrected chi connectivity index (χ1v) is 5.98. The standard InChI is InChI=1S/C13H12BrNO/c1-2-6-15-13(16)12-8-11(12)9-4-3-5-10(14)7-9/h1,3-5,7,11-12H,6,8H2,(H,15,16). The van der Waals surface area contributed by atoms with Crippen molar-refractivity contribution in [3.63, 3.8) is 0 Å². The van der Waals surface area contributed by atoms with Crippen molar-refractivity contribution in [1.29, 1.82) is 0 Å². The molecule has 2 rings (SSSR count). The molecule has 16 heavy (non-hydrogen) atoms. The third-order valence-corrected chi connectivity index (χ3v) is 3.26. The van der Waals surface area contributed by atoms with Gasteiger partial charge in [0.25, 0.3) is 0 Å². The summed E-state index contributed by atoms with van der Waals surface area (Å²) in [6.45, 7) is 0.320. The molecule has 0 aliphatic heterocycles. The number of rotatable bonds is 3. The maximum atomic E-state index is 11.6. The summed E-state index contributed by atoms with van der Waals surface area (Å²) < 4.78 is 1.06. The van der Waals surface area contributed by atoms with Crippen LogP contribution in [0, 0.1) is 18.3 Å². The molecule has 1 aromatic carbocycles. The molecule has 0 radical (unpaired) electrons. The highest BCUT2D eigenvalue weighted by atomic mass is 79.9. The van der Waals surface area contributed by atoms with E-state index in [-0.39, 0.29) is 11.8 Å². The topological polar surface area (TPSA) is 29.1 Å². The molecule has 0 heterocycles. The van der Waals surface area contributed by atoms with E-state index in [9.17, 15) is 4.79 Å². The van der Waals surface area contributed by atoms with Crippen LogP contribution in [0.15, 0.2) is 28.7 Å². The van der Waals surface area contributed by atoms with Crippen LogP contribution >= 0.6 is 15.9 Å². The first-order valence-electron chi connectivity index (χ1n) is 5.19. The van der Waals surface area contributed by atoms with Gasteiger partial charge in [-0.15, -0.1) is 6.42 Å². The van der Waals surface area contributed by atoms with E-state index in [0.717, 1.165) is 10.9 Å². The lowest BCUT2D eigenvalue weighted by molar-refractivity contribution is -0.122. The summed E-state index contributed by atoms with van der Waals surface area (Å²) in [6, 6.07) is 8.11. The van der Waals surface area contributed by atoms with Gasteiger partial charge in [-0.25, -0.2) is 0 Å². The highest BCUT2D eigenvalue weighted by molar-refractivity contribution is 9.10. The second-order valence-corrected chi connectivity index (χ2v) is 4.84. The van der Waals surface area contributed by atoms with Crippen LogP contribution in [0.5, 0.6) is 0 Å². The summed E-state index contributed by atoms with van der Waals surface area (Å²) in [6.07, 6.45) is 6.02. The molecule has 1 aromatic rings. The molecule has 3 heteroatoms. The maximum absolute atomic E-state index is 11.6. The van der Waals surface area contributed by atoms with Gasteiger partial charge in [-0.1, -0.05) is 34.0 Å². The predicted octanol–water partition coefficient (Wildman–Crippen LogP) is 2.30. The number of hydrogen-bond donors (Lipinski definition) is 1. The number of nitrogens with one attached hydrogen (secondary N) is 1. The fourth-order valence-corrected chi connectivity index (χ4v) is 2.28. The number of carbonyl (C=O) groups excluding carboxylic acids is 1. The average molecular weight is 278 g/mol. The van der Waals surface area contributed by atoms with Gasteiger partial charge in [0.05, 0.1) is 6.54 Å². The SMILES string of the molecule is C#CCNC(=O)C1CC1c1cccc(Br)c1. The van der Waals surface area contributed by atoms with E-state index < -0.39 is 0 Å². The smallest absolute Gasteiger partial charge is 0.224 e. The Kier molecular flexibility index (Phi) is 3.31. The van der Waals surface area contributed by atoms with Gasteiger partial charge in [0.15, 0.2) is 0 Å². The van der Waals surface area contributed by atoms with Crippen molar-refractivity contribution < 1.29 is 4.79 Å². The van der Waals surface area contributed by atoms with Crippen molar-refractivity contribution in [3.05, 3.63) is 34.3 Å². The molecule has 0 bridgehead atoms. The lowest BCUT2D eigenvalue weighted by atomic mass is 10.1. The fraction of sp³-hybridized carbons (Fsp3) is 0.308. The Balaban J connectivity index is 1.96. The van der Waals surface area contributed by atoms with E-state index in [1.54, 1.807) is 0 Å². The van der Waals surface area contributed by atoms with Crippen LogP contribution in [-0.2, 0) is 4.79 Å². The highest BCUT2D eigenvalue weighted by Crippen LogP contribution is 2.47. The van der Waals surface area contributed by atoms with E-state index in [0.29, 0.717) is 12.5 Å². The second-order valence-electron chi connectivity index (χ2n) is 3.93. The van der Waals surface area contributed by atoms with Gasteiger partial charge in [-0.3, -0.25) is 4.79 Å². The molecule has 1 saturated carbocycles. The monoisotopic (exact) mass is 277 g/mol. The van der Waals surface area contributed by atoms with E-state index >= 15 is 0 Å². The fourth-order valence-electron chi connectivity index (χ4n) is 1.86. The molecule has 82 valence electrons. The Morgan fingerprint density at radius 2 is 2.44 bits per heavy atom. The maximum Gasteiger partial charge on any atom is 0.224 e. The number of carbonyl (C=O) groups is 1. The van der Waals surface area contributed by atoms with Crippen molar-refractivity contribution >= 4 is 21.8 Å². The predicted molar refractivity (Wildman–Crippen MR) is 66.8 cm³/mol. The van der Waals surface area contributed by atoms with Crippen molar-refractivity contribution in [2.75, 3.05) is 6.54 Å². The van der Waals surface area contributed by atoms with E-state index in [1.807, 2.05) is 12.1 Å². The van der Waals surface area contributed by atoms with Crippen LogP contribution in [0.2, 0.25) is 0 Å². The third kappa shape index (κ3) is 2.45. The number of hydrogen-bond acceptors (Lipinski definition) is 1. The molecular formula is C13H12BrNO. The van der Waals surface area contributed by atoms with Crippen molar-refractivity contribution in [3.8, 4) is 12.3 Å². The molecule has 2 unspecified atom stereocenters. The molecular weight excluding hydrogens is 266 g/mol. The molecule has 0 saturated heterocycles. The van der Waals surface area contributed by atoms with Crippen LogP contribution in [0.4, 0.5) is 0 Å². The molecule has 2 atom stereocenters. The Morgan fingerprint density at radius 3 is 3.12 bits per heavy atom. The summed E-state index contributed by atoms with van der Waals surface area (Å²) in [5.41, 5.74) is 1.22. The Bertz CT molecular complexity index is 449. The zero-order chi connectivity index (χ0) is 11.5. The summed E-state index contributed by atoms with van der Waals surface area (Å²) in [5, 5.41) is 2.72. The van der Waals surface area contributed by atoms with Gasteiger partial charge in [-0.2, -0.15) is 0 Å². The van der Waals surface area contributed by atoms with Crippen molar-refractivity contribution in [2.45, 2.75) is 12.3 Å². The first kappa shape index (κ1) is 11.2. The van der Waals surface area contributed by atoms with Crippen molar-refractivity contribution in [1.82, 2.24) is 5.32 Å². The molecule has 2 nitrogen and oxygen atoms in total. The van der Waals surface area contributed by atoms with Gasteiger partial charge in [0, 0.05) is 10.4 Å². The lowest BCUT2D eigenvalue weighted by Crippen LogP contribution is -2.25. The largest absolute Gasteiger partial charge is 0.345 e. The zero-order valence-corrected chi connectivity index (χ0v) is 10.3. The third-order valence-electron chi connectivity index (χ3n) is 2.77. The van der Waals surface area contributed by atoms with Gasteiger partial charge in [-0.05, 0) is 30.0 Å². The molecule has 1 fully saturated rings. The minimum Gasteiger partial charge on any atom is -0.345 e. The van der Waals surface area contributed by atoms with E-state index in [2.05, 4.69) is 39.3 Å². The normalized spacial score (nSPS) is 22.2. The van der Waals surface area contributed by atoms with Gasteiger partial charge < -0.3 is 5.32 Å². The molecule has 1 aliphatic carbocycles. The minimum atomic E-state index is 0.0722. The Hall–Kier alpha value is -1.27. The second kappa shape index (κ2) is 4.71. The minimum absolute atomic E-state index is 0.0722. The molecule has 1 aliphatic rings. The van der Waals surface area contributed by atoms with Crippen LogP contribution in [0.1, 0.15) is 17.9 Å². The van der Waals surface area contributed by atoms with Gasteiger partial charge in [0.1, 0.15) is 0 Å². The number of halogens is 1. The van der Waals surface area contributed by atoms with Crippen molar-refractivity contribution in [2.24, 2.45) is 5.92 Å². The Morgan fingerprint density at radius 1 is 1.62 bits per heavy atom.